The predicted octanol–water partition coefficient (Wildman–Crippen LogP) is 1.59. The lowest BCUT2D eigenvalue weighted by atomic mass is 10.2. The first kappa shape index (κ1) is 8.11. The maximum Gasteiger partial charge on any atom is 0.305 e. The first-order valence-corrected chi connectivity index (χ1v) is 3.57. The quantitative estimate of drug-likeness (QED) is 0.541. The third-order valence-electron chi connectivity index (χ3n) is 1.50. The van der Waals surface area contributed by atoms with Crippen molar-refractivity contribution in [2.75, 3.05) is 0 Å². The van der Waals surface area contributed by atoms with E-state index in [1.165, 1.54) is 6.92 Å². The Labute approximate surface area is 66.0 Å². The van der Waals surface area contributed by atoms with Gasteiger partial charge in [-0.05, 0) is 13.0 Å². The van der Waals surface area contributed by atoms with Crippen LogP contribution in [-0.4, -0.2) is 11.8 Å². The molecule has 3 nitrogen and oxygen atoms in total. The second kappa shape index (κ2) is 2.57. The van der Waals surface area contributed by atoms with Crippen LogP contribution < -0.4 is 0 Å². The molecule has 1 rings (SSSR count). The summed E-state index contributed by atoms with van der Waals surface area (Å²) in [5.74, 6) is -0.250. The van der Waals surface area contributed by atoms with Crippen molar-refractivity contribution in [1.29, 1.82) is 0 Å². The van der Waals surface area contributed by atoms with Crippen molar-refractivity contribution in [3.63, 3.8) is 0 Å². The van der Waals surface area contributed by atoms with E-state index >= 15 is 0 Å². The van der Waals surface area contributed by atoms with Gasteiger partial charge in [0.25, 0.3) is 5.79 Å². The number of allylic oxidation sites excluding steroid dienone is 1. The zero-order valence-corrected chi connectivity index (χ0v) is 7.01. The van der Waals surface area contributed by atoms with Crippen molar-refractivity contribution in [3.8, 4) is 0 Å². The number of hydrogen-bond acceptors (Lipinski definition) is 3. The largest absolute Gasteiger partial charge is 0.457 e. The summed E-state index contributed by atoms with van der Waals surface area (Å²) in [5, 5.41) is 0. The van der Waals surface area contributed by atoms with Crippen molar-refractivity contribution in [2.45, 2.75) is 33.0 Å². The molecule has 0 saturated heterocycles. The third kappa shape index (κ3) is 1.97. The van der Waals surface area contributed by atoms with Gasteiger partial charge in [-0.25, -0.2) is 0 Å². The molecular weight excluding hydrogens is 144 g/mol. The summed E-state index contributed by atoms with van der Waals surface area (Å²) in [5.41, 5.74) is 0. The minimum absolute atomic E-state index is 0.310. The van der Waals surface area contributed by atoms with Crippen LogP contribution in [0.1, 0.15) is 27.2 Å². The van der Waals surface area contributed by atoms with Crippen LogP contribution >= 0.6 is 0 Å². The van der Waals surface area contributed by atoms with Gasteiger partial charge in [0, 0.05) is 20.3 Å². The molecular formula is C8H12O3. The van der Waals surface area contributed by atoms with Crippen LogP contribution in [0.25, 0.3) is 0 Å². The molecule has 0 spiro atoms. The van der Waals surface area contributed by atoms with Gasteiger partial charge in [0.1, 0.15) is 0 Å². The topological polar surface area (TPSA) is 35.5 Å². The van der Waals surface area contributed by atoms with E-state index in [0.717, 1.165) is 5.76 Å². The van der Waals surface area contributed by atoms with E-state index < -0.39 is 5.79 Å². The lowest BCUT2D eigenvalue weighted by Gasteiger charge is -2.23. The van der Waals surface area contributed by atoms with E-state index in [0.29, 0.717) is 6.42 Å². The lowest BCUT2D eigenvalue weighted by Crippen LogP contribution is -2.29. The Morgan fingerprint density at radius 3 is 2.82 bits per heavy atom. The molecule has 0 saturated carbocycles. The summed E-state index contributed by atoms with van der Waals surface area (Å²) in [6.45, 7) is 4.97. The highest BCUT2D eigenvalue weighted by Gasteiger charge is 2.32. The molecule has 0 amide bonds. The summed E-state index contributed by atoms with van der Waals surface area (Å²) >= 11 is 0. The van der Waals surface area contributed by atoms with E-state index in [4.69, 9.17) is 9.47 Å². The predicted molar refractivity (Wildman–Crippen MR) is 39.6 cm³/mol. The van der Waals surface area contributed by atoms with E-state index in [-0.39, 0.29) is 5.97 Å². The fourth-order valence-electron chi connectivity index (χ4n) is 1.12. The van der Waals surface area contributed by atoms with Crippen LogP contribution in [0.15, 0.2) is 11.8 Å². The van der Waals surface area contributed by atoms with E-state index in [1.807, 2.05) is 13.0 Å². The molecule has 62 valence electrons. The highest BCUT2D eigenvalue weighted by atomic mass is 16.7. The van der Waals surface area contributed by atoms with Gasteiger partial charge in [0.2, 0.25) is 0 Å². The molecule has 0 aromatic heterocycles. The van der Waals surface area contributed by atoms with Gasteiger partial charge in [-0.15, -0.1) is 0 Å². The average molecular weight is 156 g/mol. The SMILES string of the molecule is CC(=O)OC1(C)CC=C(C)O1. The molecule has 1 heterocycles. The van der Waals surface area contributed by atoms with Crippen molar-refractivity contribution < 1.29 is 14.3 Å². The zero-order valence-electron chi connectivity index (χ0n) is 7.01. The minimum Gasteiger partial charge on any atom is -0.457 e. The Morgan fingerprint density at radius 2 is 2.45 bits per heavy atom. The molecule has 11 heavy (non-hydrogen) atoms. The van der Waals surface area contributed by atoms with E-state index in [1.54, 1.807) is 6.92 Å². The summed E-state index contributed by atoms with van der Waals surface area (Å²) in [7, 11) is 0. The molecule has 0 radical (unpaired) electrons. The third-order valence-corrected chi connectivity index (χ3v) is 1.50. The molecule has 0 fully saturated rings. The molecule has 0 bridgehead atoms. The van der Waals surface area contributed by atoms with Crippen LogP contribution in [-0.2, 0) is 14.3 Å². The van der Waals surface area contributed by atoms with Gasteiger partial charge in [0.05, 0.1) is 5.76 Å². The van der Waals surface area contributed by atoms with Crippen LogP contribution in [0.2, 0.25) is 0 Å². The van der Waals surface area contributed by atoms with Crippen LogP contribution in [0, 0.1) is 0 Å². The molecule has 3 heteroatoms. The maximum atomic E-state index is 10.6. The smallest absolute Gasteiger partial charge is 0.305 e. The maximum absolute atomic E-state index is 10.6. The summed E-state index contributed by atoms with van der Waals surface area (Å²) in [6, 6.07) is 0. The Balaban J connectivity index is 2.52. The van der Waals surface area contributed by atoms with Crippen LogP contribution in [0.4, 0.5) is 0 Å². The van der Waals surface area contributed by atoms with Gasteiger partial charge in [0.15, 0.2) is 0 Å². The Morgan fingerprint density at radius 1 is 1.82 bits per heavy atom. The van der Waals surface area contributed by atoms with Crippen LogP contribution in [0.5, 0.6) is 0 Å². The van der Waals surface area contributed by atoms with Gasteiger partial charge in [-0.1, -0.05) is 0 Å². The number of esters is 1. The number of hydrogen-bond donors (Lipinski definition) is 0. The first-order valence-electron chi connectivity index (χ1n) is 3.57. The van der Waals surface area contributed by atoms with Gasteiger partial charge in [-0.2, -0.15) is 0 Å². The second-order valence-corrected chi connectivity index (χ2v) is 2.85. The molecule has 1 aliphatic heterocycles. The monoisotopic (exact) mass is 156 g/mol. The molecule has 1 aliphatic rings. The normalized spacial score (nSPS) is 29.2. The number of ether oxygens (including phenoxy) is 2. The fourth-order valence-corrected chi connectivity index (χ4v) is 1.12. The average Bonchev–Trinajstić information content (AvgIpc) is 2.08. The Kier molecular flexibility index (Phi) is 1.89. The molecule has 0 N–H and O–H groups in total. The summed E-state index contributed by atoms with van der Waals surface area (Å²) < 4.78 is 10.2. The summed E-state index contributed by atoms with van der Waals surface area (Å²) in [6.07, 6.45) is 2.54. The van der Waals surface area contributed by atoms with Crippen molar-refractivity contribution in [3.05, 3.63) is 11.8 Å². The van der Waals surface area contributed by atoms with Crippen molar-refractivity contribution in [1.82, 2.24) is 0 Å². The highest BCUT2D eigenvalue weighted by molar-refractivity contribution is 5.66. The van der Waals surface area contributed by atoms with E-state index in [9.17, 15) is 4.79 Å². The van der Waals surface area contributed by atoms with Crippen molar-refractivity contribution >= 4 is 5.97 Å². The summed E-state index contributed by atoms with van der Waals surface area (Å²) in [4.78, 5) is 10.6. The standard InChI is InChI=1S/C8H12O3/c1-6-4-5-8(3,10-6)11-7(2)9/h4H,5H2,1-3H3. The Bertz CT molecular complexity index is 207. The number of carbonyl (C=O) groups excluding carboxylic acids is 1. The van der Waals surface area contributed by atoms with Gasteiger partial charge < -0.3 is 9.47 Å². The van der Waals surface area contributed by atoms with Crippen LogP contribution in [0.3, 0.4) is 0 Å². The van der Waals surface area contributed by atoms with Crippen molar-refractivity contribution in [2.24, 2.45) is 0 Å². The lowest BCUT2D eigenvalue weighted by molar-refractivity contribution is -0.198. The zero-order chi connectivity index (χ0) is 8.48. The van der Waals surface area contributed by atoms with Gasteiger partial charge >= 0.3 is 5.97 Å². The molecule has 0 aliphatic carbocycles. The van der Waals surface area contributed by atoms with E-state index in [2.05, 4.69) is 0 Å². The number of carbonyl (C=O) groups is 1. The Hall–Kier alpha value is -0.990. The molecule has 0 aromatic carbocycles. The molecule has 0 aromatic rings. The number of rotatable bonds is 1. The van der Waals surface area contributed by atoms with Gasteiger partial charge in [-0.3, -0.25) is 4.79 Å². The first-order chi connectivity index (χ1) is 5.02. The fraction of sp³-hybridized carbons (Fsp3) is 0.625. The highest BCUT2D eigenvalue weighted by Crippen LogP contribution is 2.28. The second-order valence-electron chi connectivity index (χ2n) is 2.85. The molecule has 1 atom stereocenters. The minimum atomic E-state index is -0.754. The molecule has 1 unspecified atom stereocenters.